The molecule has 1 aromatic heterocycles. The number of sulfonamides is 1. The van der Waals surface area contributed by atoms with E-state index in [-0.39, 0.29) is 11.0 Å². The maximum absolute atomic E-state index is 13.0. The minimum Gasteiger partial charge on any atom is -0.458 e. The number of carbonyl (C=O) groups is 1. The van der Waals surface area contributed by atoms with Gasteiger partial charge < -0.3 is 9.30 Å². The van der Waals surface area contributed by atoms with Crippen LogP contribution in [-0.4, -0.2) is 36.3 Å². The van der Waals surface area contributed by atoms with Crippen molar-refractivity contribution in [1.82, 2.24) is 14.3 Å². The van der Waals surface area contributed by atoms with E-state index in [0.29, 0.717) is 28.4 Å². The molecule has 10 heteroatoms. The molecule has 0 radical (unpaired) electrons. The number of carbonyl (C=O) groups excluding carboxylic acids is 1. The lowest BCUT2D eigenvalue weighted by atomic mass is 10.0. The molecule has 0 aliphatic heterocycles. The first-order valence-electron chi connectivity index (χ1n) is 11.6. The summed E-state index contributed by atoms with van der Waals surface area (Å²) in [5, 5.41) is 9.47. The van der Waals surface area contributed by atoms with Gasteiger partial charge in [0.2, 0.25) is 0 Å². The number of unbranched alkanes of at least 4 members (excludes halogenated alkanes) is 1. The van der Waals surface area contributed by atoms with Crippen molar-refractivity contribution in [2.24, 2.45) is 0 Å². The van der Waals surface area contributed by atoms with Gasteiger partial charge in [0, 0.05) is 18.5 Å². The normalized spacial score (nSPS) is 11.3. The van der Waals surface area contributed by atoms with Gasteiger partial charge in [-0.2, -0.15) is 5.26 Å². The van der Waals surface area contributed by atoms with E-state index in [2.05, 4.69) is 6.92 Å². The Labute approximate surface area is 216 Å². The molecule has 0 fully saturated rings. The number of nitrogens with one attached hydrogen (secondary N) is 1. The van der Waals surface area contributed by atoms with Crippen LogP contribution in [0.25, 0.3) is 11.1 Å². The van der Waals surface area contributed by atoms with Crippen LogP contribution in [0, 0.1) is 11.5 Å². The van der Waals surface area contributed by atoms with Crippen molar-refractivity contribution in [3.63, 3.8) is 0 Å². The van der Waals surface area contributed by atoms with Gasteiger partial charge in [0.25, 0.3) is 10.0 Å². The average molecular weight is 527 g/mol. The summed E-state index contributed by atoms with van der Waals surface area (Å²) in [5.74, 6) is 0.436. The number of hydrogen-bond acceptors (Lipinski definition) is 7. The zero-order valence-electron chi connectivity index (χ0n) is 20.8. The van der Waals surface area contributed by atoms with Gasteiger partial charge in [0.05, 0.1) is 11.0 Å². The fraction of sp³-hybridized carbons (Fsp3) is 0.346. The fourth-order valence-electron chi connectivity index (χ4n) is 3.81. The molecule has 8 nitrogen and oxygen atoms in total. The number of esters is 1. The molecule has 2 aromatic carbocycles. The summed E-state index contributed by atoms with van der Waals surface area (Å²) in [7, 11) is -3.96. The number of aromatic nitrogens is 2. The van der Waals surface area contributed by atoms with E-state index in [1.807, 2.05) is 53.7 Å². The molecule has 0 saturated carbocycles. The van der Waals surface area contributed by atoms with E-state index < -0.39 is 16.0 Å². The molecule has 0 unspecified atom stereocenters. The molecule has 0 spiro atoms. The molecule has 0 aliphatic rings. The van der Waals surface area contributed by atoms with Gasteiger partial charge in [-0.1, -0.05) is 55.8 Å². The van der Waals surface area contributed by atoms with Gasteiger partial charge in [-0.25, -0.2) is 22.9 Å². The van der Waals surface area contributed by atoms with Crippen LogP contribution in [0.3, 0.4) is 0 Å². The van der Waals surface area contributed by atoms with Gasteiger partial charge >= 0.3 is 5.97 Å². The third-order valence-electron chi connectivity index (χ3n) is 5.46. The Kier molecular flexibility index (Phi) is 9.18. The van der Waals surface area contributed by atoms with Crippen molar-refractivity contribution < 1.29 is 17.9 Å². The number of thioether (sulfide) groups is 1. The molecule has 190 valence electrons. The molecular weight excluding hydrogens is 496 g/mol. The topological polar surface area (TPSA) is 114 Å². The highest BCUT2D eigenvalue weighted by Gasteiger charge is 2.25. The van der Waals surface area contributed by atoms with Crippen LogP contribution in [0.15, 0.2) is 58.5 Å². The van der Waals surface area contributed by atoms with E-state index in [9.17, 15) is 13.2 Å². The second-order valence-electron chi connectivity index (χ2n) is 8.44. The molecular formula is C26H30N4O4S2. The lowest BCUT2D eigenvalue weighted by Crippen LogP contribution is -2.19. The smallest absolute Gasteiger partial charge is 0.358 e. The van der Waals surface area contributed by atoms with Gasteiger partial charge in [-0.05, 0) is 43.7 Å². The standard InChI is InChI=1S/C26H30N4O4S2/c1-5-6-11-23-29-25(35-4)24(26(31)34-18(2)3)30(23)16-19-12-14-20(15-13-19)21-9-7-8-10-22(21)36(32,33)28-17-27/h7-10,12-15,18,28H,5-6,11,16H2,1-4H3. The second-order valence-corrected chi connectivity index (χ2v) is 10.9. The van der Waals surface area contributed by atoms with Crippen molar-refractivity contribution in [3.8, 4) is 17.3 Å². The molecule has 1 N–H and O–H groups in total. The Hall–Kier alpha value is -3.29. The van der Waals surface area contributed by atoms with Crippen LogP contribution >= 0.6 is 11.8 Å². The molecule has 3 aromatic rings. The number of benzene rings is 2. The van der Waals surface area contributed by atoms with Crippen molar-refractivity contribution >= 4 is 27.8 Å². The third kappa shape index (κ3) is 6.28. The highest BCUT2D eigenvalue weighted by Crippen LogP contribution is 2.29. The zero-order chi connectivity index (χ0) is 26.3. The Bertz CT molecular complexity index is 1360. The Morgan fingerprint density at radius 2 is 1.89 bits per heavy atom. The largest absolute Gasteiger partial charge is 0.458 e. The highest BCUT2D eigenvalue weighted by atomic mass is 32.2. The molecule has 36 heavy (non-hydrogen) atoms. The number of nitriles is 1. The molecule has 0 saturated heterocycles. The van der Waals surface area contributed by atoms with Gasteiger partial charge in [-0.15, -0.1) is 11.8 Å². The lowest BCUT2D eigenvalue weighted by molar-refractivity contribution is 0.0360. The van der Waals surface area contributed by atoms with Crippen LogP contribution in [0.1, 0.15) is 55.5 Å². The third-order valence-corrected chi connectivity index (χ3v) is 7.43. The van der Waals surface area contributed by atoms with E-state index in [0.717, 1.165) is 30.7 Å². The summed E-state index contributed by atoms with van der Waals surface area (Å²) in [4.78, 5) is 17.7. The van der Waals surface area contributed by atoms with Crippen LogP contribution in [-0.2, 0) is 27.7 Å². The van der Waals surface area contributed by atoms with E-state index >= 15 is 0 Å². The maximum atomic E-state index is 13.0. The summed E-state index contributed by atoms with van der Waals surface area (Å²) in [6, 6.07) is 14.0. The van der Waals surface area contributed by atoms with Crippen molar-refractivity contribution in [1.29, 1.82) is 5.26 Å². The first kappa shape index (κ1) is 27.3. The number of ether oxygens (including phenoxy) is 1. The summed E-state index contributed by atoms with van der Waals surface area (Å²) in [5.41, 5.74) is 2.56. The highest BCUT2D eigenvalue weighted by molar-refractivity contribution is 7.98. The Balaban J connectivity index is 1.99. The quantitative estimate of drug-likeness (QED) is 0.162. The zero-order valence-corrected chi connectivity index (χ0v) is 22.4. The maximum Gasteiger partial charge on any atom is 0.358 e. The second kappa shape index (κ2) is 12.1. The van der Waals surface area contributed by atoms with E-state index in [1.165, 1.54) is 24.0 Å². The summed E-state index contributed by atoms with van der Waals surface area (Å²) in [6.45, 7) is 6.17. The Morgan fingerprint density at radius 1 is 1.19 bits per heavy atom. The molecule has 1 heterocycles. The number of imidazole rings is 1. The van der Waals surface area contributed by atoms with Crippen LogP contribution in [0.2, 0.25) is 0 Å². The van der Waals surface area contributed by atoms with Crippen molar-refractivity contribution in [2.75, 3.05) is 6.26 Å². The molecule has 0 aliphatic carbocycles. The lowest BCUT2D eigenvalue weighted by Gasteiger charge is -2.14. The van der Waals surface area contributed by atoms with Crippen LogP contribution < -0.4 is 4.72 Å². The predicted molar refractivity (Wildman–Crippen MR) is 140 cm³/mol. The van der Waals surface area contributed by atoms with E-state index in [4.69, 9.17) is 15.0 Å². The number of aryl methyl sites for hydroxylation is 1. The van der Waals surface area contributed by atoms with Crippen LogP contribution in [0.5, 0.6) is 0 Å². The van der Waals surface area contributed by atoms with Gasteiger partial charge in [-0.3, -0.25) is 0 Å². The summed E-state index contributed by atoms with van der Waals surface area (Å²) < 4.78 is 34.3. The first-order chi connectivity index (χ1) is 17.2. The van der Waals surface area contributed by atoms with Gasteiger partial charge in [0.15, 0.2) is 11.9 Å². The SMILES string of the molecule is CCCCc1nc(SC)c(C(=O)OC(C)C)n1Cc1ccc(-c2ccccc2S(=O)(=O)NC#N)cc1. The average Bonchev–Trinajstić information content (AvgIpc) is 3.20. The first-order valence-corrected chi connectivity index (χ1v) is 14.4. The number of rotatable bonds is 11. The molecule has 3 rings (SSSR count). The minimum absolute atomic E-state index is 0.0269. The summed E-state index contributed by atoms with van der Waals surface area (Å²) in [6.07, 6.45) is 5.83. The fourth-order valence-corrected chi connectivity index (χ4v) is 5.35. The molecule has 0 amide bonds. The minimum atomic E-state index is -3.96. The Morgan fingerprint density at radius 3 is 2.50 bits per heavy atom. The molecule has 0 atom stereocenters. The van der Waals surface area contributed by atoms with Crippen LogP contribution in [0.4, 0.5) is 0 Å². The number of nitrogens with zero attached hydrogens (tertiary/aromatic N) is 3. The predicted octanol–water partition coefficient (Wildman–Crippen LogP) is 4.99. The van der Waals surface area contributed by atoms with Crippen molar-refractivity contribution in [2.45, 2.75) is 62.6 Å². The number of hydrogen-bond donors (Lipinski definition) is 1. The molecule has 0 bridgehead atoms. The monoisotopic (exact) mass is 526 g/mol. The summed E-state index contributed by atoms with van der Waals surface area (Å²) >= 11 is 1.42. The van der Waals surface area contributed by atoms with Crippen molar-refractivity contribution in [3.05, 3.63) is 65.6 Å². The van der Waals surface area contributed by atoms with Gasteiger partial charge in [0.1, 0.15) is 10.9 Å². The van der Waals surface area contributed by atoms with E-state index in [1.54, 1.807) is 18.2 Å².